The van der Waals surface area contributed by atoms with Gasteiger partial charge in [-0.2, -0.15) is 0 Å². The average Bonchev–Trinajstić information content (AvgIpc) is 0.677. The minimum atomic E-state index is -3.16. The smallest absolute Gasteiger partial charge is 0.338 e. The first-order valence-electron chi connectivity index (χ1n) is 30.3. The van der Waals surface area contributed by atoms with Gasteiger partial charge in [-0.15, -0.1) is 0 Å². The number of para-hydroxylation sites is 1. The third-order valence-electron chi connectivity index (χ3n) is 19.9. The summed E-state index contributed by atoms with van der Waals surface area (Å²) in [5.41, 5.74) is -6.58. The predicted octanol–water partition coefficient (Wildman–Crippen LogP) is 11.7. The summed E-state index contributed by atoms with van der Waals surface area (Å²) in [6, 6.07) is 24.8. The monoisotopic (exact) mass is 1190 g/mol. The van der Waals surface area contributed by atoms with Crippen LogP contribution in [-0.2, 0) is 51.7 Å². The van der Waals surface area contributed by atoms with Crippen LogP contribution in [0.15, 0.2) is 108 Å². The van der Waals surface area contributed by atoms with Crippen molar-refractivity contribution in [3.8, 4) is 5.75 Å². The molecular formula is C66H89NO15Si2. The van der Waals surface area contributed by atoms with Crippen LogP contribution in [0.1, 0.15) is 155 Å². The van der Waals surface area contributed by atoms with Gasteiger partial charge in [0.2, 0.25) is 8.32 Å². The van der Waals surface area contributed by atoms with Gasteiger partial charge >= 0.3 is 23.9 Å². The number of hydrogen-bond donors (Lipinski definition) is 2. The number of carbonyl (C=O) groups is 6. The van der Waals surface area contributed by atoms with Gasteiger partial charge in [-0.1, -0.05) is 143 Å². The van der Waals surface area contributed by atoms with E-state index in [0.29, 0.717) is 40.6 Å². The van der Waals surface area contributed by atoms with E-state index in [1.54, 1.807) is 125 Å². The Hall–Kier alpha value is -5.77. The van der Waals surface area contributed by atoms with Crippen LogP contribution in [0.4, 0.5) is 0 Å². The molecule has 84 heavy (non-hydrogen) atoms. The Bertz CT molecular complexity index is 2950. The maximum Gasteiger partial charge on any atom is 0.338 e. The fourth-order valence-corrected chi connectivity index (χ4v) is 23.5. The molecule has 3 aromatic carbocycles. The summed E-state index contributed by atoms with van der Waals surface area (Å²) in [5.74, 6) is -5.46. The van der Waals surface area contributed by atoms with Crippen LogP contribution < -0.4 is 10.1 Å². The topological polar surface area (TPSA) is 209 Å². The summed E-state index contributed by atoms with van der Waals surface area (Å²) in [4.78, 5) is 91.8. The van der Waals surface area contributed by atoms with Crippen molar-refractivity contribution in [1.82, 2.24) is 5.32 Å². The number of rotatable bonds is 15. The molecule has 2 heterocycles. The molecule has 2 saturated carbocycles. The van der Waals surface area contributed by atoms with E-state index in [4.69, 9.17) is 37.3 Å². The van der Waals surface area contributed by atoms with E-state index in [1.165, 1.54) is 6.92 Å². The Balaban J connectivity index is 1.45. The van der Waals surface area contributed by atoms with Gasteiger partial charge in [-0.25, -0.2) is 9.59 Å². The van der Waals surface area contributed by atoms with Crippen molar-refractivity contribution in [2.45, 2.75) is 211 Å². The highest BCUT2D eigenvalue weighted by Crippen LogP contribution is 2.65. The molecule has 4 bridgehead atoms. The van der Waals surface area contributed by atoms with Crippen molar-refractivity contribution in [2.24, 2.45) is 16.7 Å². The minimum absolute atomic E-state index is 0.0348. The zero-order valence-electron chi connectivity index (χ0n) is 51.6. The molecule has 3 aliphatic carbocycles. The van der Waals surface area contributed by atoms with Gasteiger partial charge in [0.25, 0.3) is 5.91 Å². The number of benzene rings is 3. The van der Waals surface area contributed by atoms with E-state index >= 15 is 14.4 Å². The van der Waals surface area contributed by atoms with E-state index in [0.717, 1.165) is 0 Å². The zero-order chi connectivity index (χ0) is 61.3. The molecule has 18 heteroatoms. The number of ketones is 1. The Kier molecular flexibility index (Phi) is 19.3. The Morgan fingerprint density at radius 3 is 1.95 bits per heavy atom. The van der Waals surface area contributed by atoms with E-state index in [9.17, 15) is 19.5 Å². The fraction of sp³-hybridized carbons (Fsp3) is 0.576. The van der Waals surface area contributed by atoms with Crippen LogP contribution >= 0.6 is 0 Å². The van der Waals surface area contributed by atoms with Crippen LogP contribution in [0, 0.1) is 16.7 Å². The van der Waals surface area contributed by atoms with Gasteiger partial charge in [0.1, 0.15) is 36.3 Å². The normalized spacial score (nSPS) is 30.4. The number of allylic oxidation sites excluding steroid dienone is 1. The van der Waals surface area contributed by atoms with E-state index in [-0.39, 0.29) is 60.2 Å². The second-order valence-electron chi connectivity index (χ2n) is 25.4. The fourth-order valence-electron chi connectivity index (χ4n) is 15.1. The van der Waals surface area contributed by atoms with Crippen LogP contribution in [0.3, 0.4) is 0 Å². The molecule has 2 N–H and O–H groups in total. The van der Waals surface area contributed by atoms with Crippen molar-refractivity contribution in [2.75, 3.05) is 13.2 Å². The number of esters is 4. The molecule has 1 amide bonds. The number of aliphatic hydroxyl groups is 1. The number of fused-ring (bicyclic) bond motifs is 3. The maximum atomic E-state index is 16.9. The number of hydrogen-bond acceptors (Lipinski definition) is 15. The largest absolute Gasteiger partial charge is 0.489 e. The highest BCUT2D eigenvalue weighted by Gasteiger charge is 2.79. The van der Waals surface area contributed by atoms with Crippen molar-refractivity contribution in [3.63, 3.8) is 0 Å². The quantitative estimate of drug-likeness (QED) is 0.0628. The molecule has 11 atom stereocenters. The zero-order valence-corrected chi connectivity index (χ0v) is 53.6. The molecule has 5 aliphatic rings. The molecule has 3 fully saturated rings. The Morgan fingerprint density at radius 2 is 1.38 bits per heavy atom. The van der Waals surface area contributed by atoms with Crippen molar-refractivity contribution < 1.29 is 71.1 Å². The number of ether oxygens (including phenoxy) is 6. The molecule has 1 saturated heterocycles. The molecule has 8 rings (SSSR count). The van der Waals surface area contributed by atoms with Crippen molar-refractivity contribution in [3.05, 3.63) is 125 Å². The molecule has 0 aromatic heterocycles. The summed E-state index contributed by atoms with van der Waals surface area (Å²) in [6.45, 7) is 26.5. The van der Waals surface area contributed by atoms with Gasteiger partial charge in [-0.3, -0.25) is 19.2 Å². The molecular weight excluding hydrogens is 1100 g/mol. The highest BCUT2D eigenvalue weighted by atomic mass is 28.4. The second kappa shape index (κ2) is 25.3. The molecule has 3 aromatic rings. The van der Waals surface area contributed by atoms with Gasteiger partial charge in [0.05, 0.1) is 35.6 Å². The maximum absolute atomic E-state index is 16.9. The average molecular weight is 1190 g/mol. The summed E-state index contributed by atoms with van der Waals surface area (Å²) in [6.07, 6.45) is -5.22. The minimum Gasteiger partial charge on any atom is -0.489 e. The van der Waals surface area contributed by atoms with Crippen LogP contribution in [-0.4, -0.2) is 118 Å². The lowest BCUT2D eigenvalue weighted by atomic mass is 9.44. The summed E-state index contributed by atoms with van der Waals surface area (Å²) < 4.78 is 55.2. The van der Waals surface area contributed by atoms with Crippen molar-refractivity contribution in [1.29, 1.82) is 0 Å². The number of amides is 1. The Labute approximate surface area is 498 Å². The third-order valence-corrected chi connectivity index (χ3v) is 30.6. The van der Waals surface area contributed by atoms with Gasteiger partial charge in [0, 0.05) is 42.7 Å². The number of nitrogens with one attached hydrogen (secondary N) is 1. The first-order chi connectivity index (χ1) is 39.7. The van der Waals surface area contributed by atoms with E-state index in [2.05, 4.69) is 67.6 Å². The number of carbonyl (C=O) groups excluding carboxylic acids is 6. The lowest BCUT2D eigenvalue weighted by Gasteiger charge is -2.68. The summed E-state index contributed by atoms with van der Waals surface area (Å²) >= 11 is 0. The predicted molar refractivity (Wildman–Crippen MR) is 322 cm³/mol. The third kappa shape index (κ3) is 11.4. The SMILES string of the molecule is CC[Si](CC)(CC)O[C@H]1C[C@H]2OC[C@]23OC(=O)CC/C=C/COc2ccccc2[C@H](NC(=O)c2ccccc2)[C@@H](O[Si](C(C)C)(C(C)C)C(C)C)C(=O)O[C@H]2C[C@@]4(O)[C@@H](OC(=O)c5ccccc5)[C@H]3[C@]1(C)C(=O)[C@H](OC(C)=O)C(=C2C)C4(C)C. The van der Waals surface area contributed by atoms with Crippen LogP contribution in [0.5, 0.6) is 5.75 Å². The van der Waals surface area contributed by atoms with Crippen molar-refractivity contribution >= 4 is 52.2 Å². The van der Waals surface area contributed by atoms with Gasteiger partial charge < -0.3 is 47.7 Å². The van der Waals surface area contributed by atoms with Crippen LogP contribution in [0.2, 0.25) is 34.8 Å². The highest BCUT2D eigenvalue weighted by molar-refractivity contribution is 6.77. The summed E-state index contributed by atoms with van der Waals surface area (Å²) in [5, 5.41) is 17.9. The Morgan fingerprint density at radius 1 is 0.786 bits per heavy atom. The first kappa shape index (κ1) is 64.2. The molecule has 1 spiro atoms. The van der Waals surface area contributed by atoms with Crippen LogP contribution in [0.25, 0.3) is 0 Å². The van der Waals surface area contributed by atoms with Gasteiger partial charge in [0.15, 0.2) is 31.9 Å². The standard InChI is InChI=1S/C66H89NO15Si2/c1-15-83(16-2,17-3)81-50-37-51-65(39-76-51)57-59(79-61(72)46-31-23-19-24-32-46)66(74)38-49(43(10)53(63(66,12)13)55(77-44(11)68)58(70)64(50,57)14)78-62(73)56(82-84(40(4)5,41(6)7)42(8)9)54(67-60(71)45-29-21-18-22-30-45)47-33-26-27-34-48(47)75-36-28-20-25-35-52(69)80-65/h18-24,26-34,40-42,49-51,54-57,59,74H,15-17,25,35-39H2,1-14H3,(H,67,71)/b28-20+/t49-,50-,51+,54-,55+,56+,57-,59-,64+,65-,66+/m0/s1. The molecule has 0 radical (unpaired) electrons. The molecule has 2 aliphatic heterocycles. The molecule has 16 nitrogen and oxygen atoms in total. The first-order valence-corrected chi connectivity index (χ1v) is 34.9. The summed E-state index contributed by atoms with van der Waals surface area (Å²) in [7, 11) is -5.86. The number of Topliss-reactive ketones (excluding diaryl/α,β-unsaturated/α-hetero) is 1. The lowest BCUT2D eigenvalue weighted by molar-refractivity contribution is -0.345. The molecule has 456 valence electrons. The van der Waals surface area contributed by atoms with E-state index < -0.39 is 129 Å². The second-order valence-corrected chi connectivity index (χ2v) is 35.6. The van der Waals surface area contributed by atoms with E-state index in [1.807, 2.05) is 0 Å². The van der Waals surface area contributed by atoms with Gasteiger partial charge in [-0.05, 0) is 96.5 Å². The lowest BCUT2D eigenvalue weighted by Crippen LogP contribution is -2.82. The molecule has 0 unspecified atom stereocenters.